The van der Waals surface area contributed by atoms with Gasteiger partial charge >= 0.3 is 0 Å². The number of nitrogens with zero attached hydrogens (tertiary/aromatic N) is 3. The van der Waals surface area contributed by atoms with Crippen LogP contribution >= 0.6 is 11.3 Å². The highest BCUT2D eigenvalue weighted by atomic mass is 32.1. The number of aromatic nitrogens is 2. The van der Waals surface area contributed by atoms with Crippen molar-refractivity contribution in [2.24, 2.45) is 0 Å². The number of thiophene rings is 1. The molecule has 0 bridgehead atoms. The van der Waals surface area contributed by atoms with Crippen molar-refractivity contribution in [3.05, 3.63) is 156 Å². The maximum absolute atomic E-state index is 9.39. The lowest BCUT2D eigenvalue weighted by Crippen LogP contribution is -2.09. The number of allylic oxidation sites excluding steroid dienone is 1. The van der Waals surface area contributed by atoms with Gasteiger partial charge in [0.05, 0.1) is 38.6 Å². The fraction of sp³-hybridized carbons (Fsp3) is 0.0682. The Morgan fingerprint density at radius 2 is 1.33 bits per heavy atom. The van der Waals surface area contributed by atoms with Crippen LogP contribution in [0, 0.1) is 11.3 Å². The second-order valence-corrected chi connectivity index (χ2v) is 14.0. The molecular formula is C44H29N3S. The van der Waals surface area contributed by atoms with Gasteiger partial charge in [0.1, 0.15) is 0 Å². The van der Waals surface area contributed by atoms with E-state index in [1.807, 2.05) is 23.5 Å². The molecule has 0 spiro atoms. The van der Waals surface area contributed by atoms with Crippen molar-refractivity contribution in [2.45, 2.75) is 19.3 Å². The summed E-state index contributed by atoms with van der Waals surface area (Å²) in [6.45, 7) is 2.35. The summed E-state index contributed by atoms with van der Waals surface area (Å²) >= 11 is 1.88. The molecule has 6 aromatic carbocycles. The van der Waals surface area contributed by atoms with E-state index in [0.29, 0.717) is 11.5 Å². The van der Waals surface area contributed by atoms with Crippen molar-refractivity contribution in [3.8, 4) is 17.4 Å². The molecule has 3 nitrogen and oxygen atoms in total. The minimum atomic E-state index is 0.311. The normalized spacial score (nSPS) is 14.6. The first kappa shape index (κ1) is 27.2. The van der Waals surface area contributed by atoms with Crippen LogP contribution in [0.3, 0.4) is 0 Å². The smallest absolute Gasteiger partial charge is 0.0991 e. The van der Waals surface area contributed by atoms with Crippen LogP contribution in [0.2, 0.25) is 0 Å². The Labute approximate surface area is 281 Å². The summed E-state index contributed by atoms with van der Waals surface area (Å²) in [5, 5.41) is 15.8. The number of fused-ring (bicyclic) bond motifs is 9. The van der Waals surface area contributed by atoms with E-state index in [9.17, 15) is 5.26 Å². The Morgan fingerprint density at radius 3 is 2.15 bits per heavy atom. The van der Waals surface area contributed by atoms with Crippen LogP contribution in [0.25, 0.3) is 75.9 Å². The van der Waals surface area contributed by atoms with Crippen LogP contribution in [-0.2, 0) is 0 Å². The summed E-state index contributed by atoms with van der Waals surface area (Å²) in [5.41, 5.74) is 11.9. The fourth-order valence-corrected chi connectivity index (χ4v) is 9.29. The Morgan fingerprint density at radius 1 is 0.646 bits per heavy atom. The van der Waals surface area contributed by atoms with E-state index in [1.165, 1.54) is 81.0 Å². The number of nitriles is 1. The number of rotatable bonds is 3. The minimum absolute atomic E-state index is 0.311. The van der Waals surface area contributed by atoms with Crippen molar-refractivity contribution in [2.75, 3.05) is 0 Å². The Hall–Kier alpha value is -5.89. The molecule has 4 heteroatoms. The van der Waals surface area contributed by atoms with Gasteiger partial charge in [-0.3, -0.25) is 0 Å². The molecule has 0 amide bonds. The van der Waals surface area contributed by atoms with Gasteiger partial charge in [0.25, 0.3) is 0 Å². The molecule has 9 aromatic rings. The molecule has 1 unspecified atom stereocenters. The third-order valence-electron chi connectivity index (χ3n) is 10.2. The average molecular weight is 632 g/mol. The van der Waals surface area contributed by atoms with Crippen molar-refractivity contribution >= 4 is 75.9 Å². The van der Waals surface area contributed by atoms with E-state index < -0.39 is 0 Å². The molecule has 1 aliphatic carbocycles. The maximum Gasteiger partial charge on any atom is 0.0991 e. The Balaban J connectivity index is 1.17. The van der Waals surface area contributed by atoms with Crippen molar-refractivity contribution in [1.82, 2.24) is 9.13 Å². The second kappa shape index (κ2) is 10.3. The number of para-hydroxylation sites is 2. The highest BCUT2D eigenvalue weighted by Gasteiger charge is 2.27. The van der Waals surface area contributed by atoms with Crippen molar-refractivity contribution < 1.29 is 0 Å². The fourth-order valence-electron chi connectivity index (χ4n) is 8.09. The Bertz CT molecular complexity index is 2830. The van der Waals surface area contributed by atoms with Crippen LogP contribution in [0.15, 0.2) is 133 Å². The molecule has 226 valence electrons. The summed E-state index contributed by atoms with van der Waals surface area (Å²) in [6.07, 6.45) is 3.38. The van der Waals surface area contributed by atoms with Crippen LogP contribution in [0.4, 0.5) is 0 Å². The predicted molar refractivity (Wildman–Crippen MR) is 203 cm³/mol. The van der Waals surface area contributed by atoms with E-state index in [1.54, 1.807) is 0 Å². The van der Waals surface area contributed by atoms with Crippen molar-refractivity contribution in [3.63, 3.8) is 0 Å². The van der Waals surface area contributed by atoms with Gasteiger partial charge in [0.15, 0.2) is 0 Å². The lowest BCUT2D eigenvalue weighted by molar-refractivity contribution is 0.733. The predicted octanol–water partition coefficient (Wildman–Crippen LogP) is 12.0. The summed E-state index contributed by atoms with van der Waals surface area (Å²) in [7, 11) is 0. The topological polar surface area (TPSA) is 33.6 Å². The molecule has 0 N–H and O–H groups in total. The highest BCUT2D eigenvalue weighted by Crippen LogP contribution is 2.46. The van der Waals surface area contributed by atoms with Gasteiger partial charge in [-0.15, -0.1) is 11.3 Å². The third kappa shape index (κ3) is 3.86. The Kier molecular flexibility index (Phi) is 5.85. The first-order valence-corrected chi connectivity index (χ1v) is 17.3. The summed E-state index contributed by atoms with van der Waals surface area (Å²) < 4.78 is 7.50. The van der Waals surface area contributed by atoms with Gasteiger partial charge < -0.3 is 9.13 Å². The minimum Gasteiger partial charge on any atom is -0.313 e. The van der Waals surface area contributed by atoms with E-state index in [2.05, 4.69) is 150 Å². The largest absolute Gasteiger partial charge is 0.313 e. The van der Waals surface area contributed by atoms with Crippen molar-refractivity contribution in [1.29, 1.82) is 5.26 Å². The van der Waals surface area contributed by atoms with Crippen LogP contribution in [0.1, 0.15) is 41.6 Å². The molecule has 0 aliphatic heterocycles. The molecule has 10 rings (SSSR count). The molecule has 48 heavy (non-hydrogen) atoms. The summed E-state index contributed by atoms with van der Waals surface area (Å²) in [5.74, 6) is 0.311. The van der Waals surface area contributed by atoms with Crippen LogP contribution < -0.4 is 0 Å². The summed E-state index contributed by atoms with van der Waals surface area (Å²) in [4.78, 5) is 0. The molecule has 3 aromatic heterocycles. The lowest BCUT2D eigenvalue weighted by atomic mass is 9.84. The number of hydrogen-bond acceptors (Lipinski definition) is 2. The SMILES string of the molecule is CC1CC(c2ccc3c(c2)c2ccccc2n3-c2cccc3c2sc2ccccc23)=Cc2c1n(-c1ccc(C#N)cc1)c1ccccc21. The van der Waals surface area contributed by atoms with Gasteiger partial charge in [-0.2, -0.15) is 5.26 Å². The molecule has 0 radical (unpaired) electrons. The zero-order valence-corrected chi connectivity index (χ0v) is 27.1. The average Bonchev–Trinajstić information content (AvgIpc) is 3.80. The van der Waals surface area contributed by atoms with Crippen LogP contribution in [0.5, 0.6) is 0 Å². The molecule has 1 atom stereocenters. The highest BCUT2D eigenvalue weighted by molar-refractivity contribution is 7.26. The number of hydrogen-bond donors (Lipinski definition) is 0. The zero-order valence-electron chi connectivity index (χ0n) is 26.3. The monoisotopic (exact) mass is 631 g/mol. The van der Waals surface area contributed by atoms with Gasteiger partial charge in [-0.05, 0) is 84.3 Å². The summed E-state index contributed by atoms with van der Waals surface area (Å²) in [6, 6.07) is 50.3. The second-order valence-electron chi connectivity index (χ2n) is 12.9. The molecule has 0 saturated heterocycles. The van der Waals surface area contributed by atoms with Crippen LogP contribution in [-0.4, -0.2) is 9.13 Å². The van der Waals surface area contributed by atoms with Gasteiger partial charge in [-0.1, -0.05) is 79.7 Å². The quantitative estimate of drug-likeness (QED) is 0.191. The molecule has 0 fully saturated rings. The molecule has 1 aliphatic rings. The molecular weight excluding hydrogens is 603 g/mol. The third-order valence-corrected chi connectivity index (χ3v) is 11.4. The van der Waals surface area contributed by atoms with E-state index in [0.717, 1.165) is 12.1 Å². The first-order valence-electron chi connectivity index (χ1n) is 16.5. The van der Waals surface area contributed by atoms with E-state index in [4.69, 9.17) is 0 Å². The lowest BCUT2D eigenvalue weighted by Gasteiger charge is -2.24. The molecule has 3 heterocycles. The van der Waals surface area contributed by atoms with Gasteiger partial charge in [0.2, 0.25) is 0 Å². The standard InChI is InChI=1S/C44H29N3S/c1-27-23-30(25-37-33-10-3-5-13-38(33)46(43(27)37)31-20-17-28(26-45)18-21-31)29-19-22-40-36(24-29)32-9-2-6-14-39(32)47(40)41-15-8-12-35-34-11-4-7-16-42(34)48-44(35)41/h2-22,24-25,27H,23H2,1H3. The zero-order chi connectivity index (χ0) is 31.9. The first-order chi connectivity index (χ1) is 23.7. The van der Waals surface area contributed by atoms with Gasteiger partial charge in [0, 0.05) is 54.5 Å². The number of benzene rings is 6. The van der Waals surface area contributed by atoms with E-state index >= 15 is 0 Å². The van der Waals surface area contributed by atoms with E-state index in [-0.39, 0.29) is 0 Å². The van der Waals surface area contributed by atoms with Gasteiger partial charge in [-0.25, -0.2) is 0 Å². The molecule has 0 saturated carbocycles. The maximum atomic E-state index is 9.39.